The van der Waals surface area contributed by atoms with Gasteiger partial charge in [0.25, 0.3) is 0 Å². The van der Waals surface area contributed by atoms with Crippen LogP contribution in [0.15, 0.2) is 24.3 Å². The molecule has 4 aromatic carbocycles. The van der Waals surface area contributed by atoms with Crippen LogP contribution in [0.5, 0.6) is 0 Å². The minimum Gasteiger partial charge on any atom is -0.354 e. The first kappa shape index (κ1) is 65.1. The summed E-state index contributed by atoms with van der Waals surface area (Å²) in [6, 6.07) is 10.4. The number of aromatic nitrogens is 4. The average molecular weight is 1420 g/mol. The molecule has 5 heterocycles. The Morgan fingerprint density at radius 1 is 0.231 bits per heavy atom. The molecule has 2 N–H and O–H groups in total. The molecular weight excluding hydrogens is 1310 g/mol. The first-order chi connectivity index (χ1) is 51.2. The molecule has 108 heavy (non-hydrogen) atoms. The van der Waals surface area contributed by atoms with Gasteiger partial charge in [-0.1, -0.05) is 111 Å². The van der Waals surface area contributed by atoms with Crippen LogP contribution >= 0.6 is 0 Å². The molecular formula is C104H118N4. The summed E-state index contributed by atoms with van der Waals surface area (Å²) in [7, 11) is 0. The van der Waals surface area contributed by atoms with E-state index in [9.17, 15) is 0 Å². The summed E-state index contributed by atoms with van der Waals surface area (Å²) in [5.41, 5.74) is 57.2. The lowest BCUT2D eigenvalue weighted by Crippen LogP contribution is -2.51. The predicted molar refractivity (Wildman–Crippen MR) is 446 cm³/mol. The van der Waals surface area contributed by atoms with E-state index in [0.717, 1.165) is 74.1 Å². The SMILES string of the molecule is Cc1c2c(c(-c3c4nc(c(-c5c6c(c(C)c7c5C[C@H]5C[C@@H]7C5(C)C)[C@@H]5C[C@H](C6)C5(C)C)c5ccc([nH]5)c(-c5c6c(c(C)c7c5C[C@H]5C[C@@H]7C5(C)C)[C@@H]5C[C@H](C6)C5(C)C)c5nc(c(-c6c7c(c(C)c8c6C[C@H]6C[C@@H]8C6(C)C)[C@@H]6C[C@H](C7)C6(C)C)c6ccc3[nH]6)C=C5)C=C4)c3c1[C@@H]1C[C@H](C3)C1(C)C)C[C@H]1C[C@@H]2C1(C)C. The summed E-state index contributed by atoms with van der Waals surface area (Å²) in [5, 5.41) is 0. The summed E-state index contributed by atoms with van der Waals surface area (Å²) >= 11 is 0. The Hall–Kier alpha value is -6.52. The van der Waals surface area contributed by atoms with Gasteiger partial charge in [-0.25, -0.2) is 9.97 Å². The van der Waals surface area contributed by atoms with Gasteiger partial charge >= 0.3 is 0 Å². The van der Waals surface area contributed by atoms with Crippen LogP contribution in [-0.4, -0.2) is 19.9 Å². The zero-order chi connectivity index (χ0) is 73.8. The van der Waals surface area contributed by atoms with E-state index >= 15 is 0 Å². The van der Waals surface area contributed by atoms with E-state index in [0.29, 0.717) is 94.7 Å². The molecule has 0 radical (unpaired) electrons. The van der Waals surface area contributed by atoms with Crippen molar-refractivity contribution in [3.05, 3.63) is 158 Å². The lowest BCUT2D eigenvalue weighted by atomic mass is 9.43. The van der Waals surface area contributed by atoms with Gasteiger partial charge in [-0.2, -0.15) is 0 Å². The average Bonchev–Trinajstić information content (AvgIpc) is 0.860. The van der Waals surface area contributed by atoms with Crippen molar-refractivity contribution in [2.24, 2.45) is 90.7 Å². The van der Waals surface area contributed by atoms with Gasteiger partial charge in [0.05, 0.1) is 22.8 Å². The van der Waals surface area contributed by atoms with Gasteiger partial charge < -0.3 is 9.97 Å². The van der Waals surface area contributed by atoms with Crippen molar-refractivity contribution in [3.63, 3.8) is 0 Å². The van der Waals surface area contributed by atoms with Gasteiger partial charge in [0, 0.05) is 44.3 Å². The fourth-order valence-electron chi connectivity index (χ4n) is 31.9. The minimum absolute atomic E-state index is 0.278. The van der Waals surface area contributed by atoms with Gasteiger partial charge in [-0.3, -0.25) is 0 Å². The number of rotatable bonds is 4. The van der Waals surface area contributed by atoms with Gasteiger partial charge in [0.2, 0.25) is 0 Å². The van der Waals surface area contributed by atoms with Gasteiger partial charge in [0.15, 0.2) is 0 Å². The number of nitrogens with one attached hydrogen (secondary N) is 2. The van der Waals surface area contributed by atoms with Crippen molar-refractivity contribution in [3.8, 4) is 44.5 Å². The molecule has 7 aromatic rings. The lowest BCUT2D eigenvalue weighted by molar-refractivity contribution is 0.0111. The molecule has 554 valence electrons. The maximum absolute atomic E-state index is 6.58. The van der Waals surface area contributed by atoms with Crippen LogP contribution in [-0.2, 0) is 51.4 Å². The summed E-state index contributed by atoms with van der Waals surface area (Å²) < 4.78 is 0. The van der Waals surface area contributed by atoms with E-state index in [1.165, 1.54) is 95.7 Å². The molecule has 0 spiro atoms. The highest BCUT2D eigenvalue weighted by Crippen LogP contribution is 2.76. The van der Waals surface area contributed by atoms with Crippen LogP contribution in [0.2, 0.25) is 0 Å². The second-order valence-electron chi connectivity index (χ2n) is 45.7. The number of fused-ring (bicyclic) bond motifs is 8. The highest BCUT2D eigenvalue weighted by atomic mass is 14.8. The Labute approximate surface area is 644 Å². The topological polar surface area (TPSA) is 57.4 Å². The highest BCUT2D eigenvalue weighted by Gasteiger charge is 2.64. The molecule has 16 atom stereocenters. The van der Waals surface area contributed by atoms with Gasteiger partial charge in [0.1, 0.15) is 0 Å². The summed E-state index contributed by atoms with van der Waals surface area (Å²) in [4.78, 5) is 22.5. The molecule has 4 heteroatoms. The molecule has 3 aromatic heterocycles. The van der Waals surface area contributed by atoms with Crippen molar-refractivity contribution in [1.82, 2.24) is 19.9 Å². The van der Waals surface area contributed by atoms with E-state index < -0.39 is 0 Å². The monoisotopic (exact) mass is 1420 g/mol. The van der Waals surface area contributed by atoms with Crippen molar-refractivity contribution < 1.29 is 0 Å². The van der Waals surface area contributed by atoms with E-state index in [-0.39, 0.29) is 43.3 Å². The molecule has 8 saturated carbocycles. The van der Waals surface area contributed by atoms with Gasteiger partial charge in [-0.05, 0) is 451 Å². The minimum atomic E-state index is 0.278. The number of H-pyrrole nitrogens is 2. The first-order valence-electron chi connectivity index (χ1n) is 44.1. The van der Waals surface area contributed by atoms with Crippen molar-refractivity contribution in [1.29, 1.82) is 0 Å². The first-order valence-corrected chi connectivity index (χ1v) is 44.1. The zero-order valence-corrected chi connectivity index (χ0v) is 69.1. The third kappa shape index (κ3) is 7.22. The zero-order valence-electron chi connectivity index (χ0n) is 69.1. The Kier molecular flexibility index (Phi) is 11.8. The molecule has 26 aliphatic rings. The largest absolute Gasteiger partial charge is 0.354 e. The van der Waals surface area contributed by atoms with Crippen LogP contribution in [0.1, 0.15) is 344 Å². The van der Waals surface area contributed by atoms with Gasteiger partial charge in [-0.15, -0.1) is 0 Å². The van der Waals surface area contributed by atoms with Crippen LogP contribution in [0.25, 0.3) is 90.9 Å². The van der Waals surface area contributed by atoms with Crippen LogP contribution in [0.4, 0.5) is 0 Å². The maximum atomic E-state index is 6.58. The van der Waals surface area contributed by atoms with Crippen molar-refractivity contribution in [2.75, 3.05) is 0 Å². The normalized spacial score (nSPS) is 34.4. The molecule has 0 unspecified atom stereocenters. The Bertz CT molecular complexity index is 4850. The van der Waals surface area contributed by atoms with Crippen LogP contribution in [0.3, 0.4) is 0 Å². The molecule has 33 rings (SSSR count). The Morgan fingerprint density at radius 3 is 0.519 bits per heavy atom. The summed E-state index contributed by atoms with van der Waals surface area (Å²) in [6.07, 6.45) is 30.0. The Morgan fingerprint density at radius 2 is 0.380 bits per heavy atom. The second-order valence-corrected chi connectivity index (χ2v) is 45.7. The molecule has 24 aliphatic carbocycles. The number of nitrogens with zero attached hydrogens (tertiary/aromatic N) is 2. The molecule has 24 bridgehead atoms. The summed E-state index contributed by atoms with van der Waals surface area (Å²) in [5.74, 6) is 9.85. The third-order valence-electron chi connectivity index (χ3n) is 40.2. The van der Waals surface area contributed by atoms with E-state index in [1.54, 1.807) is 134 Å². The molecule has 4 nitrogen and oxygen atoms in total. The fourth-order valence-corrected chi connectivity index (χ4v) is 31.9. The number of aromatic amines is 2. The standard InChI is InChI=1S/C104H118N4/c1-45-81-57(29-49-37-65(81)97(49,5)6)89(58-30-50-38-66(82(45)58)98(50,7)8)93-73-21-23-75(105-73)94(90-59-31-51-39-67(99(51,9)10)83(59)46(2)84-60(90)32-52-40-68(84)100(52,11)12)77-25-27-79(107-77)96(92-63-35-55-43-71(103(55,17)18)87(63)48(4)88-64(92)36-56-44-72(88)104(56,19)20)80-28-26-78(108-80)95(76-24-22-74(93)106-76)91-61-33-53-41-69(101(53,13)14)85(61)47(3)86-62(91)34-54-42-70(86)102(54,15)16/h21-28,49-56,65-72,105,108H,29-44H2,1-20H3/t49-,50-,51-,52-,53-,54-,55-,56-,65-,66-,67-,68-,69-,70-,71-,72-/m0/s1. The van der Waals surface area contributed by atoms with Crippen LogP contribution < -0.4 is 0 Å². The molecule has 8 fully saturated rings. The van der Waals surface area contributed by atoms with Crippen molar-refractivity contribution in [2.45, 2.75) is 289 Å². The number of benzene rings is 4. The number of hydrogen-bond donors (Lipinski definition) is 2. The smallest absolute Gasteiger partial charge is 0.0737 e. The fraction of sp³-hybridized carbons (Fsp3) is 0.577. The third-order valence-corrected chi connectivity index (χ3v) is 40.2. The van der Waals surface area contributed by atoms with Crippen LogP contribution in [0, 0.1) is 118 Å². The predicted octanol–water partition coefficient (Wildman–Crippen LogP) is 26.0. The maximum Gasteiger partial charge on any atom is 0.0737 e. The molecule has 2 aliphatic heterocycles. The lowest BCUT2D eigenvalue weighted by Gasteiger charge is -2.61. The highest BCUT2D eigenvalue weighted by molar-refractivity contribution is 6.04. The summed E-state index contributed by atoms with van der Waals surface area (Å²) in [6.45, 7) is 52.5. The second kappa shape index (κ2) is 19.6. The Balaban J connectivity index is 0.866. The van der Waals surface area contributed by atoms with Crippen molar-refractivity contribution >= 4 is 46.4 Å². The number of hydrogen-bond acceptors (Lipinski definition) is 2. The molecule has 0 saturated heterocycles. The quantitative estimate of drug-likeness (QED) is 0.184. The molecule has 0 amide bonds. The van der Waals surface area contributed by atoms with E-state index in [4.69, 9.17) is 9.97 Å². The van der Waals surface area contributed by atoms with E-state index in [2.05, 4.69) is 197 Å². The van der Waals surface area contributed by atoms with E-state index in [1.807, 2.05) is 0 Å².